The second kappa shape index (κ2) is 9.23. The second-order valence-electron chi connectivity index (χ2n) is 4.73. The topological polar surface area (TPSA) is 9.23 Å². The molecule has 1 heteroatoms. The highest BCUT2D eigenvalue weighted by Gasteiger charge is 2.06. The zero-order valence-electron chi connectivity index (χ0n) is 11.2. The van der Waals surface area contributed by atoms with E-state index in [1.165, 1.54) is 18.4 Å². The van der Waals surface area contributed by atoms with Crippen LogP contribution in [0, 0.1) is 0 Å². The summed E-state index contributed by atoms with van der Waals surface area (Å²) in [5.41, 5.74) is 1.24. The van der Waals surface area contributed by atoms with Gasteiger partial charge in [0.05, 0.1) is 6.10 Å². The summed E-state index contributed by atoms with van der Waals surface area (Å²) in [5, 5.41) is 0. The minimum absolute atomic E-state index is 0.397. The van der Waals surface area contributed by atoms with Crippen molar-refractivity contribution in [1.82, 2.24) is 0 Å². The first-order valence-corrected chi connectivity index (χ1v) is 6.94. The third-order valence-electron chi connectivity index (χ3n) is 3.06. The van der Waals surface area contributed by atoms with Crippen molar-refractivity contribution in [2.75, 3.05) is 6.61 Å². The van der Waals surface area contributed by atoms with Gasteiger partial charge in [-0.2, -0.15) is 0 Å². The summed E-state index contributed by atoms with van der Waals surface area (Å²) in [4.78, 5) is 0. The molecule has 1 atom stereocenters. The molecule has 1 aliphatic carbocycles. The molecule has 1 unspecified atom stereocenters. The first-order chi connectivity index (χ1) is 8.33. The largest absolute Gasteiger partial charge is 0.378 e. The smallest absolute Gasteiger partial charge is 0.0612 e. The van der Waals surface area contributed by atoms with Crippen molar-refractivity contribution >= 4 is 0 Å². The SMILES string of the molecule is C=C1/C=C/CCC(OCCCC)C/C=C/CC1. The van der Waals surface area contributed by atoms with Crippen LogP contribution in [0.1, 0.15) is 51.9 Å². The summed E-state index contributed by atoms with van der Waals surface area (Å²) in [5.74, 6) is 0. The molecule has 0 bridgehead atoms. The summed E-state index contributed by atoms with van der Waals surface area (Å²) in [7, 11) is 0. The Morgan fingerprint density at radius 3 is 3.00 bits per heavy atom. The van der Waals surface area contributed by atoms with Crippen molar-refractivity contribution in [2.24, 2.45) is 0 Å². The van der Waals surface area contributed by atoms with Crippen LogP contribution in [0.4, 0.5) is 0 Å². The summed E-state index contributed by atoms with van der Waals surface area (Å²) < 4.78 is 5.92. The van der Waals surface area contributed by atoms with E-state index in [0.717, 1.165) is 38.7 Å². The molecule has 1 aliphatic rings. The average molecular weight is 234 g/mol. The zero-order valence-corrected chi connectivity index (χ0v) is 11.2. The van der Waals surface area contributed by atoms with Gasteiger partial charge in [-0.1, -0.05) is 49.8 Å². The fourth-order valence-electron chi connectivity index (χ4n) is 1.91. The summed E-state index contributed by atoms with van der Waals surface area (Å²) in [6, 6.07) is 0. The number of rotatable bonds is 4. The molecule has 1 nitrogen and oxygen atoms in total. The van der Waals surface area contributed by atoms with Crippen molar-refractivity contribution in [1.29, 1.82) is 0 Å². The predicted molar refractivity (Wildman–Crippen MR) is 75.2 cm³/mol. The van der Waals surface area contributed by atoms with Gasteiger partial charge in [-0.3, -0.25) is 0 Å². The molecule has 0 aromatic carbocycles. The summed E-state index contributed by atoms with van der Waals surface area (Å²) >= 11 is 0. The Morgan fingerprint density at radius 2 is 2.18 bits per heavy atom. The predicted octanol–water partition coefficient (Wildman–Crippen LogP) is 4.80. The van der Waals surface area contributed by atoms with Gasteiger partial charge in [0.1, 0.15) is 0 Å². The quantitative estimate of drug-likeness (QED) is 0.501. The maximum atomic E-state index is 5.92. The molecule has 0 amide bonds. The van der Waals surface area contributed by atoms with Crippen LogP contribution in [0.15, 0.2) is 36.5 Å². The fourth-order valence-corrected chi connectivity index (χ4v) is 1.91. The highest BCUT2D eigenvalue weighted by molar-refractivity contribution is 5.15. The lowest BCUT2D eigenvalue weighted by atomic mass is 10.1. The van der Waals surface area contributed by atoms with Crippen LogP contribution in [-0.2, 0) is 4.74 Å². The highest BCUT2D eigenvalue weighted by Crippen LogP contribution is 2.14. The molecule has 0 fully saturated rings. The van der Waals surface area contributed by atoms with E-state index in [0.29, 0.717) is 6.10 Å². The first-order valence-electron chi connectivity index (χ1n) is 6.94. The molecule has 96 valence electrons. The van der Waals surface area contributed by atoms with E-state index < -0.39 is 0 Å². The molecule has 0 radical (unpaired) electrons. The maximum Gasteiger partial charge on any atom is 0.0612 e. The zero-order chi connectivity index (χ0) is 12.3. The molecule has 0 aromatic heterocycles. The summed E-state index contributed by atoms with van der Waals surface area (Å²) in [6.45, 7) is 7.16. The van der Waals surface area contributed by atoms with Crippen molar-refractivity contribution in [3.63, 3.8) is 0 Å². The molecular formula is C16H26O. The normalized spacial score (nSPS) is 26.2. The second-order valence-corrected chi connectivity index (χ2v) is 4.73. The van der Waals surface area contributed by atoms with E-state index in [4.69, 9.17) is 4.74 Å². The lowest BCUT2D eigenvalue weighted by molar-refractivity contribution is 0.0483. The molecule has 1 rings (SSSR count). The Balaban J connectivity index is 2.39. The Morgan fingerprint density at radius 1 is 1.29 bits per heavy atom. The van der Waals surface area contributed by atoms with Gasteiger partial charge in [-0.25, -0.2) is 0 Å². The number of hydrogen-bond donors (Lipinski definition) is 0. The van der Waals surface area contributed by atoms with Crippen LogP contribution in [0.25, 0.3) is 0 Å². The van der Waals surface area contributed by atoms with Gasteiger partial charge in [-0.15, -0.1) is 0 Å². The van der Waals surface area contributed by atoms with Gasteiger partial charge in [-0.05, 0) is 38.5 Å². The van der Waals surface area contributed by atoms with E-state index in [1.807, 2.05) is 0 Å². The molecule has 0 spiro atoms. The van der Waals surface area contributed by atoms with Crippen LogP contribution in [0.3, 0.4) is 0 Å². The molecule has 0 aromatic rings. The van der Waals surface area contributed by atoms with E-state index in [2.05, 4.69) is 37.8 Å². The Bertz CT molecular complexity index is 263. The van der Waals surface area contributed by atoms with E-state index in [1.54, 1.807) is 0 Å². The van der Waals surface area contributed by atoms with Crippen LogP contribution < -0.4 is 0 Å². The molecule has 0 N–H and O–H groups in total. The van der Waals surface area contributed by atoms with Crippen LogP contribution in [-0.4, -0.2) is 12.7 Å². The number of unbranched alkanes of at least 4 members (excludes halogenated alkanes) is 1. The van der Waals surface area contributed by atoms with Crippen LogP contribution >= 0.6 is 0 Å². The Labute approximate surface area is 106 Å². The van der Waals surface area contributed by atoms with Crippen LogP contribution in [0.5, 0.6) is 0 Å². The van der Waals surface area contributed by atoms with E-state index in [9.17, 15) is 0 Å². The van der Waals surface area contributed by atoms with Gasteiger partial charge in [0, 0.05) is 6.61 Å². The van der Waals surface area contributed by atoms with Gasteiger partial charge in [0.15, 0.2) is 0 Å². The Hall–Kier alpha value is -0.820. The van der Waals surface area contributed by atoms with Crippen LogP contribution in [0.2, 0.25) is 0 Å². The first kappa shape index (κ1) is 14.2. The number of ether oxygens (including phenoxy) is 1. The number of allylic oxidation sites excluding steroid dienone is 4. The van der Waals surface area contributed by atoms with Crippen molar-refractivity contribution in [2.45, 2.75) is 58.0 Å². The molecule has 0 heterocycles. The van der Waals surface area contributed by atoms with Crippen molar-refractivity contribution < 1.29 is 4.74 Å². The molecule has 0 saturated carbocycles. The van der Waals surface area contributed by atoms with Gasteiger partial charge in [0.25, 0.3) is 0 Å². The lowest BCUT2D eigenvalue weighted by Gasteiger charge is -2.15. The van der Waals surface area contributed by atoms with Gasteiger partial charge < -0.3 is 4.74 Å². The molecular weight excluding hydrogens is 208 g/mol. The van der Waals surface area contributed by atoms with E-state index >= 15 is 0 Å². The third kappa shape index (κ3) is 7.17. The molecule has 17 heavy (non-hydrogen) atoms. The average Bonchev–Trinajstić information content (AvgIpc) is 2.36. The monoisotopic (exact) mass is 234 g/mol. The number of hydrogen-bond acceptors (Lipinski definition) is 1. The lowest BCUT2D eigenvalue weighted by Crippen LogP contribution is -2.12. The summed E-state index contributed by atoms with van der Waals surface area (Å²) in [6.07, 6.45) is 17.2. The highest BCUT2D eigenvalue weighted by atomic mass is 16.5. The standard InChI is InChI=1S/C16H26O/c1-3-4-14-17-16-12-7-5-6-10-15(2)11-8-9-13-16/h5,7-8,11,16H,2-4,6,9-10,12-14H2,1H3/b7-5+,11-8+. The minimum atomic E-state index is 0.397. The van der Waals surface area contributed by atoms with E-state index in [-0.39, 0.29) is 0 Å². The molecule has 0 aliphatic heterocycles. The fraction of sp³-hybridized carbons (Fsp3) is 0.625. The van der Waals surface area contributed by atoms with Crippen molar-refractivity contribution in [3.8, 4) is 0 Å². The Kier molecular flexibility index (Phi) is 7.74. The maximum absolute atomic E-state index is 5.92. The van der Waals surface area contributed by atoms with Gasteiger partial charge >= 0.3 is 0 Å². The van der Waals surface area contributed by atoms with Crippen molar-refractivity contribution in [3.05, 3.63) is 36.5 Å². The third-order valence-corrected chi connectivity index (χ3v) is 3.06. The van der Waals surface area contributed by atoms with Gasteiger partial charge in [0.2, 0.25) is 0 Å². The molecule has 0 saturated heterocycles. The minimum Gasteiger partial charge on any atom is -0.378 e.